The molecule has 1 fully saturated rings. The molecule has 1 aliphatic carbocycles. The van der Waals surface area contributed by atoms with Gasteiger partial charge in [0.05, 0.1) is 0 Å². The third kappa shape index (κ3) is 2.32. The van der Waals surface area contributed by atoms with Gasteiger partial charge in [-0.1, -0.05) is 0 Å². The van der Waals surface area contributed by atoms with Crippen molar-refractivity contribution >= 4 is 11.5 Å². The maximum atomic E-state index is 5.25. The average molecular weight is 178 g/mol. The summed E-state index contributed by atoms with van der Waals surface area (Å²) >= 11 is 0. The first-order valence-corrected chi connectivity index (χ1v) is 4.55. The molecule has 2 rings (SSSR count). The van der Waals surface area contributed by atoms with Crippen LogP contribution in [0.3, 0.4) is 0 Å². The number of hydrogen-bond donors (Lipinski definition) is 3. The molecule has 70 valence electrons. The number of nitrogens with two attached hydrogens (primary N) is 1. The van der Waals surface area contributed by atoms with Gasteiger partial charge in [-0.25, -0.2) is 10.8 Å². The van der Waals surface area contributed by atoms with Gasteiger partial charge >= 0.3 is 0 Å². The molecular weight excluding hydrogens is 164 g/mol. The summed E-state index contributed by atoms with van der Waals surface area (Å²) in [4.78, 5) is 4.02. The van der Waals surface area contributed by atoms with Gasteiger partial charge in [0.2, 0.25) is 0 Å². The maximum Gasteiger partial charge on any atom is 0.141 e. The van der Waals surface area contributed by atoms with Crippen LogP contribution < -0.4 is 16.6 Å². The van der Waals surface area contributed by atoms with E-state index in [-0.39, 0.29) is 0 Å². The predicted octanol–water partition coefficient (Wildman–Crippen LogP) is 1.19. The summed E-state index contributed by atoms with van der Waals surface area (Å²) in [6, 6.07) is 3.85. The number of rotatable bonds is 4. The molecule has 4 heteroatoms. The molecular formula is C9H14N4. The average Bonchev–Trinajstić information content (AvgIpc) is 2.99. The fourth-order valence-electron chi connectivity index (χ4n) is 1.20. The molecule has 0 aromatic carbocycles. The lowest BCUT2D eigenvalue weighted by Crippen LogP contribution is -2.09. The Morgan fingerprint density at radius 1 is 1.54 bits per heavy atom. The van der Waals surface area contributed by atoms with Crippen molar-refractivity contribution in [1.29, 1.82) is 0 Å². The van der Waals surface area contributed by atoms with Crippen LogP contribution in [0.1, 0.15) is 12.8 Å². The monoisotopic (exact) mass is 178 g/mol. The number of hydrazine groups is 1. The van der Waals surface area contributed by atoms with Crippen molar-refractivity contribution in [3.05, 3.63) is 18.3 Å². The Hall–Kier alpha value is -1.29. The molecule has 4 nitrogen and oxygen atoms in total. The summed E-state index contributed by atoms with van der Waals surface area (Å²) in [5.41, 5.74) is 3.60. The second-order valence-corrected chi connectivity index (χ2v) is 3.40. The number of hydrogen-bond acceptors (Lipinski definition) is 4. The van der Waals surface area contributed by atoms with E-state index in [4.69, 9.17) is 5.84 Å². The Morgan fingerprint density at radius 2 is 2.38 bits per heavy atom. The number of nitrogens with one attached hydrogen (secondary N) is 2. The Labute approximate surface area is 77.5 Å². The van der Waals surface area contributed by atoms with Crippen molar-refractivity contribution in [3.8, 4) is 0 Å². The number of nitrogen functional groups attached to an aromatic ring is 1. The van der Waals surface area contributed by atoms with Crippen LogP contribution in [0.4, 0.5) is 11.5 Å². The number of aromatic nitrogens is 1. The van der Waals surface area contributed by atoms with Crippen molar-refractivity contribution in [1.82, 2.24) is 4.98 Å². The third-order valence-corrected chi connectivity index (χ3v) is 2.20. The van der Waals surface area contributed by atoms with E-state index in [0.29, 0.717) is 5.82 Å². The highest BCUT2D eigenvalue weighted by Crippen LogP contribution is 2.28. The van der Waals surface area contributed by atoms with Gasteiger partial charge in [0.1, 0.15) is 5.82 Å². The van der Waals surface area contributed by atoms with Crippen LogP contribution in [0, 0.1) is 5.92 Å². The lowest BCUT2D eigenvalue weighted by atomic mass is 10.3. The zero-order valence-corrected chi connectivity index (χ0v) is 7.46. The topological polar surface area (TPSA) is 63.0 Å². The Kier molecular flexibility index (Phi) is 2.31. The van der Waals surface area contributed by atoms with Crippen LogP contribution in [0.15, 0.2) is 18.3 Å². The Bertz CT molecular complexity index is 283. The summed E-state index contributed by atoms with van der Waals surface area (Å²) < 4.78 is 0. The van der Waals surface area contributed by atoms with E-state index in [2.05, 4.69) is 15.7 Å². The second-order valence-electron chi connectivity index (χ2n) is 3.40. The largest absolute Gasteiger partial charge is 0.385 e. The normalized spacial score (nSPS) is 15.5. The van der Waals surface area contributed by atoms with Gasteiger partial charge in [0.15, 0.2) is 0 Å². The van der Waals surface area contributed by atoms with Gasteiger partial charge in [-0.3, -0.25) is 0 Å². The van der Waals surface area contributed by atoms with Gasteiger partial charge in [-0.05, 0) is 24.8 Å². The molecule has 0 spiro atoms. The molecule has 1 saturated carbocycles. The second kappa shape index (κ2) is 3.62. The fraction of sp³-hybridized carbons (Fsp3) is 0.444. The van der Waals surface area contributed by atoms with Gasteiger partial charge in [-0.2, -0.15) is 0 Å². The summed E-state index contributed by atoms with van der Waals surface area (Å²) in [5.74, 6) is 6.82. The minimum atomic E-state index is 0.695. The first-order chi connectivity index (χ1) is 6.38. The number of pyridine rings is 1. The molecule has 0 amide bonds. The molecule has 4 N–H and O–H groups in total. The van der Waals surface area contributed by atoms with Crippen molar-refractivity contribution in [2.24, 2.45) is 11.8 Å². The van der Waals surface area contributed by atoms with Crippen molar-refractivity contribution in [2.75, 3.05) is 17.3 Å². The Balaban J connectivity index is 1.93. The van der Waals surface area contributed by atoms with Crippen molar-refractivity contribution < 1.29 is 0 Å². The smallest absolute Gasteiger partial charge is 0.141 e. The van der Waals surface area contributed by atoms with E-state index >= 15 is 0 Å². The molecule has 1 aromatic rings. The molecule has 1 aromatic heterocycles. The predicted molar refractivity (Wildman–Crippen MR) is 53.3 cm³/mol. The highest BCUT2D eigenvalue weighted by molar-refractivity contribution is 5.51. The van der Waals surface area contributed by atoms with Crippen molar-refractivity contribution in [2.45, 2.75) is 12.8 Å². The lowest BCUT2D eigenvalue weighted by molar-refractivity contribution is 0.889. The van der Waals surface area contributed by atoms with Crippen LogP contribution in [0.25, 0.3) is 0 Å². The minimum absolute atomic E-state index is 0.695. The zero-order chi connectivity index (χ0) is 9.10. The van der Waals surface area contributed by atoms with Crippen LogP contribution >= 0.6 is 0 Å². The number of anilines is 2. The van der Waals surface area contributed by atoms with E-state index in [0.717, 1.165) is 18.2 Å². The zero-order valence-electron chi connectivity index (χ0n) is 7.46. The standard InChI is InChI=1S/C9H14N4/c10-13-9-5-8(3-4-11-9)12-6-7-1-2-7/h3-5,7H,1-2,6,10H2,(H2,11,12,13). The molecule has 13 heavy (non-hydrogen) atoms. The van der Waals surface area contributed by atoms with Crippen LogP contribution in [0.2, 0.25) is 0 Å². The van der Waals surface area contributed by atoms with Gasteiger partial charge in [-0.15, -0.1) is 0 Å². The molecule has 0 aliphatic heterocycles. The van der Waals surface area contributed by atoms with Gasteiger partial charge in [0, 0.05) is 24.5 Å². The van der Waals surface area contributed by atoms with Crippen LogP contribution in [-0.2, 0) is 0 Å². The van der Waals surface area contributed by atoms with E-state index in [9.17, 15) is 0 Å². The summed E-state index contributed by atoms with van der Waals surface area (Å²) in [6.07, 6.45) is 4.46. The third-order valence-electron chi connectivity index (χ3n) is 2.20. The number of nitrogens with zero attached hydrogens (tertiary/aromatic N) is 1. The fourth-order valence-corrected chi connectivity index (χ4v) is 1.20. The van der Waals surface area contributed by atoms with E-state index in [1.165, 1.54) is 12.8 Å². The summed E-state index contributed by atoms with van der Waals surface area (Å²) in [7, 11) is 0. The summed E-state index contributed by atoms with van der Waals surface area (Å²) in [5, 5.41) is 3.35. The molecule has 0 saturated heterocycles. The molecule has 1 heterocycles. The van der Waals surface area contributed by atoms with Crippen molar-refractivity contribution in [3.63, 3.8) is 0 Å². The summed E-state index contributed by atoms with van der Waals surface area (Å²) in [6.45, 7) is 1.06. The maximum absolute atomic E-state index is 5.25. The van der Waals surface area contributed by atoms with Crippen LogP contribution in [0.5, 0.6) is 0 Å². The van der Waals surface area contributed by atoms with E-state index in [1.54, 1.807) is 6.20 Å². The van der Waals surface area contributed by atoms with E-state index < -0.39 is 0 Å². The first kappa shape index (κ1) is 8.31. The quantitative estimate of drug-likeness (QED) is 0.478. The molecule has 0 bridgehead atoms. The molecule has 0 unspecified atom stereocenters. The highest BCUT2D eigenvalue weighted by Gasteiger charge is 2.20. The molecule has 1 aliphatic rings. The Morgan fingerprint density at radius 3 is 3.08 bits per heavy atom. The minimum Gasteiger partial charge on any atom is -0.385 e. The first-order valence-electron chi connectivity index (χ1n) is 4.55. The molecule has 0 radical (unpaired) electrons. The van der Waals surface area contributed by atoms with Crippen LogP contribution in [-0.4, -0.2) is 11.5 Å². The lowest BCUT2D eigenvalue weighted by Gasteiger charge is -2.06. The highest BCUT2D eigenvalue weighted by atomic mass is 15.2. The molecule has 0 atom stereocenters. The van der Waals surface area contributed by atoms with Gasteiger partial charge < -0.3 is 10.7 Å². The van der Waals surface area contributed by atoms with Gasteiger partial charge in [0.25, 0.3) is 0 Å². The van der Waals surface area contributed by atoms with E-state index in [1.807, 2.05) is 12.1 Å². The SMILES string of the molecule is NNc1cc(NCC2CC2)ccn1.